The van der Waals surface area contributed by atoms with Gasteiger partial charge in [-0.2, -0.15) is 0 Å². The number of nitrogens with one attached hydrogen (secondary N) is 1. The number of hydrogen-bond donors (Lipinski definition) is 2. The molecule has 0 bridgehead atoms. The van der Waals surface area contributed by atoms with Crippen molar-refractivity contribution in [2.24, 2.45) is 5.92 Å². The van der Waals surface area contributed by atoms with Gasteiger partial charge in [0.25, 0.3) is 11.6 Å². The van der Waals surface area contributed by atoms with Gasteiger partial charge in [0.1, 0.15) is 12.0 Å². The number of likely N-dealkylation sites (tertiary alicyclic amines) is 1. The minimum absolute atomic E-state index is 0.127. The van der Waals surface area contributed by atoms with Crippen LogP contribution in [-0.2, 0) is 0 Å². The second-order valence-electron chi connectivity index (χ2n) is 5.01. The van der Waals surface area contributed by atoms with Crippen LogP contribution in [0, 0.1) is 16.0 Å². The van der Waals surface area contributed by atoms with Crippen molar-refractivity contribution < 1.29 is 14.8 Å². The van der Waals surface area contributed by atoms with Crippen molar-refractivity contribution in [1.29, 1.82) is 0 Å². The summed E-state index contributed by atoms with van der Waals surface area (Å²) in [6, 6.07) is 1.25. The highest BCUT2D eigenvalue weighted by molar-refractivity contribution is 5.99. The largest absolute Gasteiger partial charge is 0.396 e. The molecule has 114 valence electrons. The number of aliphatic hydroxyl groups is 1. The van der Waals surface area contributed by atoms with Crippen molar-refractivity contribution in [2.75, 3.05) is 32.1 Å². The first-order valence-corrected chi connectivity index (χ1v) is 6.79. The molecule has 1 aromatic rings. The normalized spacial score (nSPS) is 15.8. The van der Waals surface area contributed by atoms with Crippen LogP contribution in [0.25, 0.3) is 0 Å². The maximum absolute atomic E-state index is 12.5. The Hall–Kier alpha value is -2.22. The lowest BCUT2D eigenvalue weighted by Gasteiger charge is -2.31. The van der Waals surface area contributed by atoms with Gasteiger partial charge in [-0.25, -0.2) is 4.98 Å². The summed E-state index contributed by atoms with van der Waals surface area (Å²) < 4.78 is 0. The Kier molecular flexibility index (Phi) is 4.69. The van der Waals surface area contributed by atoms with Crippen LogP contribution in [0.4, 0.5) is 11.5 Å². The number of carbonyl (C=O) groups excluding carboxylic acids is 1. The topological polar surface area (TPSA) is 109 Å². The molecule has 1 aliphatic heterocycles. The minimum atomic E-state index is -0.568. The fraction of sp³-hybridized carbons (Fsp3) is 0.538. The average Bonchev–Trinajstić information content (AvgIpc) is 2.53. The SMILES string of the molecule is CNc1ncc([N+](=O)[O-])cc1C(=O)N1CCC(CO)CC1. The van der Waals surface area contributed by atoms with Crippen LogP contribution in [-0.4, -0.2) is 52.6 Å². The van der Waals surface area contributed by atoms with Gasteiger partial charge in [0.2, 0.25) is 0 Å². The molecule has 0 radical (unpaired) electrons. The lowest BCUT2D eigenvalue weighted by atomic mass is 9.97. The lowest BCUT2D eigenvalue weighted by Crippen LogP contribution is -2.39. The van der Waals surface area contributed by atoms with E-state index in [1.807, 2.05) is 0 Å². The summed E-state index contributed by atoms with van der Waals surface area (Å²) in [5.41, 5.74) is -0.00302. The fourth-order valence-electron chi connectivity index (χ4n) is 2.40. The highest BCUT2D eigenvalue weighted by atomic mass is 16.6. The molecule has 1 aliphatic rings. The number of amides is 1. The van der Waals surface area contributed by atoms with E-state index in [0.717, 1.165) is 19.0 Å². The van der Waals surface area contributed by atoms with Crippen LogP contribution in [0.2, 0.25) is 0 Å². The number of piperidine rings is 1. The van der Waals surface area contributed by atoms with Crippen LogP contribution in [0.5, 0.6) is 0 Å². The molecule has 8 nitrogen and oxygen atoms in total. The highest BCUT2D eigenvalue weighted by Crippen LogP contribution is 2.23. The predicted molar refractivity (Wildman–Crippen MR) is 76.2 cm³/mol. The van der Waals surface area contributed by atoms with Crippen LogP contribution in [0.1, 0.15) is 23.2 Å². The molecule has 0 unspecified atom stereocenters. The summed E-state index contributed by atoms with van der Waals surface area (Å²) in [7, 11) is 1.61. The predicted octanol–water partition coefficient (Wildman–Crippen LogP) is 0.876. The zero-order valence-corrected chi connectivity index (χ0v) is 11.8. The molecule has 21 heavy (non-hydrogen) atoms. The summed E-state index contributed by atoms with van der Waals surface area (Å²) in [6.07, 6.45) is 2.60. The van der Waals surface area contributed by atoms with Gasteiger partial charge in [0.15, 0.2) is 0 Å². The molecule has 2 N–H and O–H groups in total. The van der Waals surface area contributed by atoms with E-state index in [-0.39, 0.29) is 29.7 Å². The second kappa shape index (κ2) is 6.49. The van der Waals surface area contributed by atoms with E-state index >= 15 is 0 Å². The van der Waals surface area contributed by atoms with Gasteiger partial charge in [-0.3, -0.25) is 14.9 Å². The molecular formula is C13H18N4O4. The van der Waals surface area contributed by atoms with Gasteiger partial charge in [-0.15, -0.1) is 0 Å². The first-order chi connectivity index (χ1) is 10.1. The molecule has 1 fully saturated rings. The van der Waals surface area contributed by atoms with Gasteiger partial charge in [-0.1, -0.05) is 0 Å². The van der Waals surface area contributed by atoms with Gasteiger partial charge in [0.05, 0.1) is 10.5 Å². The van der Waals surface area contributed by atoms with Crippen molar-refractivity contribution in [3.05, 3.63) is 27.9 Å². The monoisotopic (exact) mass is 294 g/mol. The first-order valence-electron chi connectivity index (χ1n) is 6.79. The summed E-state index contributed by atoms with van der Waals surface area (Å²) in [5, 5.41) is 22.7. The molecule has 0 aliphatic carbocycles. The van der Waals surface area contributed by atoms with Gasteiger partial charge >= 0.3 is 0 Å². The first kappa shape index (κ1) is 15.2. The van der Waals surface area contributed by atoms with Gasteiger partial charge in [-0.05, 0) is 18.8 Å². The van der Waals surface area contributed by atoms with Crippen molar-refractivity contribution in [3.8, 4) is 0 Å². The summed E-state index contributed by atoms with van der Waals surface area (Å²) in [6.45, 7) is 1.20. The van der Waals surface area contributed by atoms with Crippen molar-refractivity contribution >= 4 is 17.4 Å². The number of aromatic nitrogens is 1. The van der Waals surface area contributed by atoms with Gasteiger partial charge in [0, 0.05) is 32.8 Å². The Labute approximate surface area is 121 Å². The number of pyridine rings is 1. The zero-order valence-electron chi connectivity index (χ0n) is 11.8. The van der Waals surface area contributed by atoms with E-state index in [2.05, 4.69) is 10.3 Å². The van der Waals surface area contributed by atoms with Crippen LogP contribution in [0.15, 0.2) is 12.3 Å². The van der Waals surface area contributed by atoms with E-state index in [4.69, 9.17) is 5.11 Å². The number of carbonyl (C=O) groups is 1. The maximum Gasteiger partial charge on any atom is 0.288 e. The molecule has 0 atom stereocenters. The molecule has 1 amide bonds. The van der Waals surface area contributed by atoms with E-state index in [1.54, 1.807) is 11.9 Å². The smallest absolute Gasteiger partial charge is 0.288 e. The number of rotatable bonds is 4. The number of aliphatic hydroxyl groups excluding tert-OH is 1. The highest BCUT2D eigenvalue weighted by Gasteiger charge is 2.26. The van der Waals surface area contributed by atoms with Crippen molar-refractivity contribution in [2.45, 2.75) is 12.8 Å². The standard InChI is InChI=1S/C13H18N4O4/c1-14-12-11(6-10(7-15-12)17(20)21)13(19)16-4-2-9(8-18)3-5-16/h6-7,9,18H,2-5,8H2,1H3,(H,14,15). The van der Waals surface area contributed by atoms with E-state index < -0.39 is 4.92 Å². The second-order valence-corrected chi connectivity index (χ2v) is 5.01. The fourth-order valence-corrected chi connectivity index (χ4v) is 2.40. The van der Waals surface area contributed by atoms with E-state index in [9.17, 15) is 14.9 Å². The Balaban J connectivity index is 2.22. The molecule has 8 heteroatoms. The summed E-state index contributed by atoms with van der Waals surface area (Å²) in [4.78, 5) is 28.3. The summed E-state index contributed by atoms with van der Waals surface area (Å²) >= 11 is 0. The number of anilines is 1. The zero-order chi connectivity index (χ0) is 15.4. The average molecular weight is 294 g/mol. The Morgan fingerprint density at radius 2 is 2.24 bits per heavy atom. The molecule has 1 aromatic heterocycles. The Morgan fingerprint density at radius 3 is 2.76 bits per heavy atom. The third-order valence-electron chi connectivity index (χ3n) is 3.71. The third-order valence-corrected chi connectivity index (χ3v) is 3.71. The van der Waals surface area contributed by atoms with Crippen LogP contribution < -0.4 is 5.32 Å². The number of hydrogen-bond acceptors (Lipinski definition) is 6. The third kappa shape index (κ3) is 3.27. The van der Waals surface area contributed by atoms with Crippen molar-refractivity contribution in [3.63, 3.8) is 0 Å². The minimum Gasteiger partial charge on any atom is -0.396 e. The Morgan fingerprint density at radius 1 is 1.57 bits per heavy atom. The number of nitrogens with zero attached hydrogens (tertiary/aromatic N) is 3. The van der Waals surface area contributed by atoms with Crippen LogP contribution in [0.3, 0.4) is 0 Å². The van der Waals surface area contributed by atoms with E-state index in [1.165, 1.54) is 6.07 Å². The number of nitro groups is 1. The van der Waals surface area contributed by atoms with E-state index in [0.29, 0.717) is 18.9 Å². The van der Waals surface area contributed by atoms with Crippen LogP contribution >= 0.6 is 0 Å². The molecule has 0 saturated carbocycles. The molecule has 2 rings (SSSR count). The van der Waals surface area contributed by atoms with Crippen molar-refractivity contribution in [1.82, 2.24) is 9.88 Å². The summed E-state index contributed by atoms with van der Waals surface area (Å²) in [5.74, 6) is 0.280. The molecule has 2 heterocycles. The molecule has 1 saturated heterocycles. The molecule has 0 aromatic carbocycles. The molecular weight excluding hydrogens is 276 g/mol. The van der Waals surface area contributed by atoms with Gasteiger partial charge < -0.3 is 15.3 Å². The molecule has 0 spiro atoms. The Bertz CT molecular complexity index is 541. The maximum atomic E-state index is 12.5. The quantitative estimate of drug-likeness (QED) is 0.630. The lowest BCUT2D eigenvalue weighted by molar-refractivity contribution is -0.385.